The fourth-order valence-electron chi connectivity index (χ4n) is 3.79. The van der Waals surface area contributed by atoms with Gasteiger partial charge in [0.05, 0.1) is 18.8 Å². The maximum absolute atomic E-state index is 12.9. The molecule has 7 heteroatoms. The van der Waals surface area contributed by atoms with Gasteiger partial charge in [0.2, 0.25) is 0 Å². The quantitative estimate of drug-likeness (QED) is 0.730. The molecule has 2 heterocycles. The van der Waals surface area contributed by atoms with Crippen molar-refractivity contribution in [1.82, 2.24) is 14.7 Å². The maximum Gasteiger partial charge on any atom is 0.267 e. The highest BCUT2D eigenvalue weighted by Gasteiger charge is 2.29. The highest BCUT2D eigenvalue weighted by molar-refractivity contribution is 5.81. The number of hydrogen-bond donors (Lipinski definition) is 0. The van der Waals surface area contributed by atoms with Gasteiger partial charge in [-0.05, 0) is 50.5 Å². The molecule has 0 bridgehead atoms. The fourth-order valence-corrected chi connectivity index (χ4v) is 3.79. The van der Waals surface area contributed by atoms with E-state index < -0.39 is 6.10 Å². The van der Waals surface area contributed by atoms with Crippen LogP contribution in [0.1, 0.15) is 57.8 Å². The van der Waals surface area contributed by atoms with Crippen molar-refractivity contribution >= 4 is 5.91 Å². The third-order valence-corrected chi connectivity index (χ3v) is 5.69. The van der Waals surface area contributed by atoms with Gasteiger partial charge in [0, 0.05) is 24.6 Å². The van der Waals surface area contributed by atoms with E-state index in [4.69, 9.17) is 9.47 Å². The van der Waals surface area contributed by atoms with Gasteiger partial charge >= 0.3 is 0 Å². The lowest BCUT2D eigenvalue weighted by molar-refractivity contribution is -0.139. The van der Waals surface area contributed by atoms with E-state index in [2.05, 4.69) is 25.9 Å². The van der Waals surface area contributed by atoms with Crippen molar-refractivity contribution < 1.29 is 14.3 Å². The number of aryl methyl sites for hydroxylation is 1. The Morgan fingerprint density at radius 1 is 1.13 bits per heavy atom. The van der Waals surface area contributed by atoms with Gasteiger partial charge in [-0.1, -0.05) is 26.8 Å². The summed E-state index contributed by atoms with van der Waals surface area (Å²) in [5, 5.41) is 4.62. The molecule has 1 aromatic heterocycles. The molecule has 3 rings (SSSR count). The topological polar surface area (TPSA) is 73.7 Å². The molecule has 1 unspecified atom stereocenters. The van der Waals surface area contributed by atoms with Crippen LogP contribution in [0.5, 0.6) is 11.5 Å². The molecule has 0 N–H and O–H groups in total. The zero-order chi connectivity index (χ0) is 22.8. The van der Waals surface area contributed by atoms with Gasteiger partial charge in [-0.2, -0.15) is 5.10 Å². The number of nitrogens with zero attached hydrogens (tertiary/aromatic N) is 3. The lowest BCUT2D eigenvalue weighted by Gasteiger charge is -2.34. The van der Waals surface area contributed by atoms with Crippen LogP contribution in [-0.2, 0) is 10.2 Å². The Balaban J connectivity index is 1.64. The zero-order valence-corrected chi connectivity index (χ0v) is 19.3. The summed E-state index contributed by atoms with van der Waals surface area (Å²) >= 11 is 0. The molecule has 1 amide bonds. The Bertz CT molecular complexity index is 985. The molecule has 168 valence electrons. The Hall–Kier alpha value is -2.83. The summed E-state index contributed by atoms with van der Waals surface area (Å²) in [7, 11) is 1.59. The van der Waals surface area contributed by atoms with Crippen molar-refractivity contribution in [2.24, 2.45) is 0 Å². The Morgan fingerprint density at radius 3 is 2.42 bits per heavy atom. The van der Waals surface area contributed by atoms with Gasteiger partial charge in [-0.15, -0.1) is 0 Å². The van der Waals surface area contributed by atoms with Crippen LogP contribution in [0.2, 0.25) is 0 Å². The standard InChI is InChI=1S/C24H33N3O4/c1-16-7-8-19(20(15-16)30-6)31-17(2)23(29)26-13-11-18(12-14-26)27-22(28)10-9-21(25-27)24(3,4)5/h7-10,15,17-18H,11-14H2,1-6H3. The molecule has 2 aromatic rings. The fraction of sp³-hybridized carbons (Fsp3) is 0.542. The average Bonchev–Trinajstić information content (AvgIpc) is 2.74. The predicted molar refractivity (Wildman–Crippen MR) is 120 cm³/mol. The first-order chi connectivity index (χ1) is 14.6. The summed E-state index contributed by atoms with van der Waals surface area (Å²) in [5.74, 6) is 1.10. The van der Waals surface area contributed by atoms with Crippen molar-refractivity contribution in [3.05, 3.63) is 51.9 Å². The summed E-state index contributed by atoms with van der Waals surface area (Å²) in [6.07, 6.45) is 0.748. The minimum absolute atomic E-state index is 0.00716. The number of aromatic nitrogens is 2. The van der Waals surface area contributed by atoms with E-state index in [1.165, 1.54) is 0 Å². The summed E-state index contributed by atoms with van der Waals surface area (Å²) in [6, 6.07) is 9.02. The van der Waals surface area contributed by atoms with Gasteiger partial charge < -0.3 is 14.4 Å². The molecule has 0 saturated carbocycles. The Labute approximate surface area is 184 Å². The van der Waals surface area contributed by atoms with E-state index in [0.29, 0.717) is 37.4 Å². The van der Waals surface area contributed by atoms with Gasteiger partial charge in [0.25, 0.3) is 11.5 Å². The van der Waals surface area contributed by atoms with Crippen LogP contribution in [0.25, 0.3) is 0 Å². The van der Waals surface area contributed by atoms with Crippen LogP contribution in [0.3, 0.4) is 0 Å². The number of likely N-dealkylation sites (tertiary alicyclic amines) is 1. The monoisotopic (exact) mass is 427 g/mol. The molecule has 0 aliphatic carbocycles. The second-order valence-corrected chi connectivity index (χ2v) is 9.22. The number of hydrogen-bond acceptors (Lipinski definition) is 5. The van der Waals surface area contributed by atoms with Gasteiger partial charge in [0.15, 0.2) is 17.6 Å². The van der Waals surface area contributed by atoms with Crippen molar-refractivity contribution in [3.8, 4) is 11.5 Å². The van der Waals surface area contributed by atoms with E-state index in [-0.39, 0.29) is 22.9 Å². The SMILES string of the molecule is COc1cc(C)ccc1OC(C)C(=O)N1CCC(n2nc(C(C)(C)C)ccc2=O)CC1. The van der Waals surface area contributed by atoms with Gasteiger partial charge in [-0.25, -0.2) is 4.68 Å². The smallest absolute Gasteiger partial charge is 0.267 e. The van der Waals surface area contributed by atoms with E-state index in [1.54, 1.807) is 35.7 Å². The van der Waals surface area contributed by atoms with Crippen LogP contribution in [0.4, 0.5) is 0 Å². The first-order valence-electron chi connectivity index (χ1n) is 10.8. The third kappa shape index (κ3) is 5.27. The molecule has 1 aromatic carbocycles. The number of benzene rings is 1. The molecule has 0 radical (unpaired) electrons. The maximum atomic E-state index is 12.9. The Morgan fingerprint density at radius 2 is 1.81 bits per heavy atom. The molecular weight excluding hydrogens is 394 g/mol. The van der Waals surface area contributed by atoms with Crippen molar-refractivity contribution in [3.63, 3.8) is 0 Å². The second-order valence-electron chi connectivity index (χ2n) is 9.22. The molecule has 1 aliphatic rings. The number of methoxy groups -OCH3 is 1. The van der Waals surface area contributed by atoms with Crippen molar-refractivity contribution in [1.29, 1.82) is 0 Å². The average molecular weight is 428 g/mol. The van der Waals surface area contributed by atoms with E-state index >= 15 is 0 Å². The number of piperidine rings is 1. The molecule has 1 saturated heterocycles. The number of rotatable bonds is 5. The van der Waals surface area contributed by atoms with Crippen molar-refractivity contribution in [2.45, 2.75) is 65.0 Å². The minimum atomic E-state index is -0.627. The largest absolute Gasteiger partial charge is 0.493 e. The number of ether oxygens (including phenoxy) is 2. The summed E-state index contributed by atoms with van der Waals surface area (Å²) in [4.78, 5) is 27.1. The normalized spacial score (nSPS) is 16.1. The van der Waals surface area contributed by atoms with E-state index in [1.807, 2.05) is 25.1 Å². The van der Waals surface area contributed by atoms with Gasteiger partial charge in [-0.3, -0.25) is 9.59 Å². The van der Waals surface area contributed by atoms with Crippen LogP contribution < -0.4 is 15.0 Å². The van der Waals surface area contributed by atoms with Crippen LogP contribution >= 0.6 is 0 Å². The lowest BCUT2D eigenvalue weighted by atomic mass is 9.92. The molecule has 0 spiro atoms. The molecule has 1 aliphatic heterocycles. The van der Waals surface area contributed by atoms with Crippen LogP contribution in [0, 0.1) is 6.92 Å². The van der Waals surface area contributed by atoms with Crippen molar-refractivity contribution in [2.75, 3.05) is 20.2 Å². The highest BCUT2D eigenvalue weighted by atomic mass is 16.5. The van der Waals surface area contributed by atoms with Crippen LogP contribution in [0.15, 0.2) is 35.1 Å². The third-order valence-electron chi connectivity index (χ3n) is 5.69. The second kappa shape index (κ2) is 9.12. The van der Waals surface area contributed by atoms with Gasteiger partial charge in [0.1, 0.15) is 0 Å². The number of carbonyl (C=O) groups excluding carboxylic acids is 1. The molecule has 31 heavy (non-hydrogen) atoms. The highest BCUT2D eigenvalue weighted by Crippen LogP contribution is 2.29. The number of carbonyl (C=O) groups is 1. The first-order valence-corrected chi connectivity index (χ1v) is 10.8. The lowest BCUT2D eigenvalue weighted by Crippen LogP contribution is -2.46. The molecular formula is C24H33N3O4. The molecule has 1 atom stereocenters. The van der Waals surface area contributed by atoms with E-state index in [9.17, 15) is 9.59 Å². The summed E-state index contributed by atoms with van der Waals surface area (Å²) in [5.41, 5.74) is 1.72. The Kier molecular flexibility index (Phi) is 6.72. The molecule has 7 nitrogen and oxygen atoms in total. The number of amides is 1. The summed E-state index contributed by atoms with van der Waals surface area (Å²) in [6.45, 7) is 11.1. The molecule has 1 fully saturated rings. The van der Waals surface area contributed by atoms with Crippen LogP contribution in [-0.4, -0.2) is 46.9 Å². The zero-order valence-electron chi connectivity index (χ0n) is 19.3. The predicted octanol–water partition coefficient (Wildman–Crippen LogP) is 3.49. The minimum Gasteiger partial charge on any atom is -0.493 e. The summed E-state index contributed by atoms with van der Waals surface area (Å²) < 4.78 is 12.9. The van der Waals surface area contributed by atoms with E-state index in [0.717, 1.165) is 11.3 Å². The first kappa shape index (κ1) is 22.8.